The van der Waals surface area contributed by atoms with Crippen LogP contribution in [0, 0.1) is 0 Å². The van der Waals surface area contributed by atoms with Gasteiger partial charge in [0.1, 0.15) is 0 Å². The van der Waals surface area contributed by atoms with Crippen LogP contribution in [0.15, 0.2) is 212 Å². The van der Waals surface area contributed by atoms with E-state index >= 15 is 0 Å². The van der Waals surface area contributed by atoms with E-state index in [-0.39, 0.29) is 0 Å². The maximum Gasteiger partial charge on any atom is 0.170 e. The molecule has 3 nitrogen and oxygen atoms in total. The molecule has 9 aromatic carbocycles. The molecule has 1 heterocycles. The lowest BCUT2D eigenvalue weighted by atomic mass is 9.70. The first-order chi connectivity index (χ1) is 28.7. The van der Waals surface area contributed by atoms with Crippen LogP contribution in [-0.4, -0.2) is 0 Å². The molecule has 3 aliphatic rings. The maximum atomic E-state index is 6.61. The average molecular weight is 742 g/mol. The Hall–Kier alpha value is -7.62. The molecular formula is C55H35NO2. The number of ether oxygens (including phenoxy) is 2. The predicted octanol–water partition coefficient (Wildman–Crippen LogP) is 14.7. The standard InChI is InChI=1S/C55H35NO2/c1-3-13-36(14-4-1)38-23-27-40(28-24-38)56(41-29-25-39(26-30-41)37-15-5-2-6-16-37)42-31-32-45-46-34-53-54(58-52-22-12-11-21-51(52)57-53)35-50(46)55(49(45)33-42)47-19-9-7-17-43(47)44-18-8-10-20-48(44)55/h1-35H. The summed E-state index contributed by atoms with van der Waals surface area (Å²) < 4.78 is 13.1. The fourth-order valence-corrected chi connectivity index (χ4v) is 9.60. The van der Waals surface area contributed by atoms with Crippen molar-refractivity contribution in [3.05, 3.63) is 235 Å². The van der Waals surface area contributed by atoms with E-state index in [4.69, 9.17) is 9.47 Å². The lowest BCUT2D eigenvalue weighted by molar-refractivity contribution is 0.359. The third kappa shape index (κ3) is 4.80. The lowest BCUT2D eigenvalue weighted by Gasteiger charge is -2.32. The second-order valence-corrected chi connectivity index (χ2v) is 15.2. The van der Waals surface area contributed by atoms with Crippen LogP contribution in [0.2, 0.25) is 0 Å². The van der Waals surface area contributed by atoms with Gasteiger partial charge < -0.3 is 14.4 Å². The predicted molar refractivity (Wildman–Crippen MR) is 235 cm³/mol. The molecule has 3 heteroatoms. The van der Waals surface area contributed by atoms with Crippen LogP contribution in [0.5, 0.6) is 23.0 Å². The largest absolute Gasteiger partial charge is 0.450 e. The summed E-state index contributed by atoms with van der Waals surface area (Å²) in [6, 6.07) is 76.2. The van der Waals surface area contributed by atoms with Crippen LogP contribution in [-0.2, 0) is 5.41 Å². The molecule has 272 valence electrons. The Kier molecular flexibility index (Phi) is 7.14. The molecule has 58 heavy (non-hydrogen) atoms. The van der Waals surface area contributed by atoms with Crippen molar-refractivity contribution in [2.24, 2.45) is 0 Å². The van der Waals surface area contributed by atoms with Crippen molar-refractivity contribution in [1.29, 1.82) is 0 Å². The van der Waals surface area contributed by atoms with Gasteiger partial charge in [-0.15, -0.1) is 0 Å². The first kappa shape index (κ1) is 32.6. The number of rotatable bonds is 5. The molecule has 0 N–H and O–H groups in total. The summed E-state index contributed by atoms with van der Waals surface area (Å²) in [7, 11) is 0. The van der Waals surface area contributed by atoms with Crippen molar-refractivity contribution < 1.29 is 9.47 Å². The minimum Gasteiger partial charge on any atom is -0.450 e. The van der Waals surface area contributed by atoms with Crippen LogP contribution in [0.1, 0.15) is 22.3 Å². The summed E-state index contributed by atoms with van der Waals surface area (Å²) in [5, 5.41) is 0. The van der Waals surface area contributed by atoms with Crippen molar-refractivity contribution in [2.45, 2.75) is 5.41 Å². The molecule has 9 aromatic rings. The van der Waals surface area contributed by atoms with E-state index in [1.165, 1.54) is 61.2 Å². The maximum absolute atomic E-state index is 6.61. The number of benzene rings is 9. The molecule has 0 saturated heterocycles. The van der Waals surface area contributed by atoms with Crippen LogP contribution in [0.3, 0.4) is 0 Å². The number of hydrogen-bond donors (Lipinski definition) is 0. The van der Waals surface area contributed by atoms with Gasteiger partial charge in [-0.25, -0.2) is 0 Å². The van der Waals surface area contributed by atoms with E-state index in [1.54, 1.807) is 0 Å². The second kappa shape index (κ2) is 12.7. The Morgan fingerprint density at radius 3 is 1.24 bits per heavy atom. The highest BCUT2D eigenvalue weighted by Gasteiger charge is 2.52. The van der Waals surface area contributed by atoms with Gasteiger partial charge in [-0.1, -0.05) is 152 Å². The Labute approximate surface area is 337 Å². The van der Waals surface area contributed by atoms with Gasteiger partial charge in [-0.05, 0) is 127 Å². The molecule has 0 unspecified atom stereocenters. The minimum absolute atomic E-state index is 0.580. The Bertz CT molecular complexity index is 2910. The lowest BCUT2D eigenvalue weighted by Crippen LogP contribution is -2.26. The summed E-state index contributed by atoms with van der Waals surface area (Å²) in [6.07, 6.45) is 0. The molecule has 1 spiro atoms. The summed E-state index contributed by atoms with van der Waals surface area (Å²) >= 11 is 0. The number of nitrogens with zero attached hydrogens (tertiary/aromatic N) is 1. The van der Waals surface area contributed by atoms with Gasteiger partial charge in [0.05, 0.1) is 5.41 Å². The van der Waals surface area contributed by atoms with Crippen molar-refractivity contribution in [2.75, 3.05) is 4.90 Å². The summed E-state index contributed by atoms with van der Waals surface area (Å²) in [5.41, 5.74) is 17.3. The summed E-state index contributed by atoms with van der Waals surface area (Å²) in [5.74, 6) is 2.90. The van der Waals surface area contributed by atoms with E-state index in [2.05, 4.69) is 193 Å². The molecule has 2 aliphatic carbocycles. The molecule has 0 atom stereocenters. The first-order valence-corrected chi connectivity index (χ1v) is 19.8. The van der Waals surface area contributed by atoms with E-state index in [0.29, 0.717) is 0 Å². The summed E-state index contributed by atoms with van der Waals surface area (Å²) in [4.78, 5) is 2.39. The minimum atomic E-state index is -0.580. The van der Waals surface area contributed by atoms with Gasteiger partial charge in [0.25, 0.3) is 0 Å². The Morgan fingerprint density at radius 2 is 0.690 bits per heavy atom. The van der Waals surface area contributed by atoms with Crippen LogP contribution in [0.4, 0.5) is 17.1 Å². The van der Waals surface area contributed by atoms with Crippen molar-refractivity contribution in [3.8, 4) is 67.5 Å². The SMILES string of the molecule is c1ccc(-c2ccc(N(c3ccc(-c4ccccc4)cc3)c3ccc4c(c3)C3(c5ccccc5-c5ccccc53)c3cc5c(cc3-4)Oc3ccccc3O5)cc2)cc1. The number of hydrogen-bond acceptors (Lipinski definition) is 3. The number of fused-ring (bicyclic) bond motifs is 12. The Morgan fingerprint density at radius 1 is 0.276 bits per heavy atom. The van der Waals surface area contributed by atoms with Gasteiger partial charge >= 0.3 is 0 Å². The quantitative estimate of drug-likeness (QED) is 0.175. The third-order valence-corrected chi connectivity index (χ3v) is 12.1. The highest BCUT2D eigenvalue weighted by Crippen LogP contribution is 2.65. The van der Waals surface area contributed by atoms with E-state index < -0.39 is 5.41 Å². The van der Waals surface area contributed by atoms with E-state index in [1.807, 2.05) is 24.3 Å². The zero-order valence-electron chi connectivity index (χ0n) is 31.5. The number of anilines is 3. The average Bonchev–Trinajstić information content (AvgIpc) is 3.75. The van der Waals surface area contributed by atoms with Crippen LogP contribution in [0.25, 0.3) is 44.5 Å². The van der Waals surface area contributed by atoms with E-state index in [9.17, 15) is 0 Å². The van der Waals surface area contributed by atoms with Crippen molar-refractivity contribution in [1.82, 2.24) is 0 Å². The van der Waals surface area contributed by atoms with Crippen LogP contribution >= 0.6 is 0 Å². The smallest absolute Gasteiger partial charge is 0.170 e. The van der Waals surface area contributed by atoms with Gasteiger partial charge in [0, 0.05) is 17.1 Å². The molecule has 0 bridgehead atoms. The van der Waals surface area contributed by atoms with Gasteiger partial charge in [0.15, 0.2) is 23.0 Å². The zero-order chi connectivity index (χ0) is 38.2. The third-order valence-electron chi connectivity index (χ3n) is 12.1. The molecule has 0 aromatic heterocycles. The molecular weight excluding hydrogens is 707 g/mol. The fraction of sp³-hybridized carbons (Fsp3) is 0.0182. The molecule has 12 rings (SSSR count). The van der Waals surface area contributed by atoms with Gasteiger partial charge in [-0.2, -0.15) is 0 Å². The van der Waals surface area contributed by atoms with Crippen molar-refractivity contribution in [3.63, 3.8) is 0 Å². The molecule has 0 radical (unpaired) electrons. The monoisotopic (exact) mass is 741 g/mol. The van der Waals surface area contributed by atoms with Crippen molar-refractivity contribution >= 4 is 17.1 Å². The zero-order valence-corrected chi connectivity index (χ0v) is 31.5. The van der Waals surface area contributed by atoms with Crippen LogP contribution < -0.4 is 14.4 Å². The Balaban J connectivity index is 1.08. The normalized spacial score (nSPS) is 13.2. The molecule has 0 saturated carbocycles. The molecule has 0 fully saturated rings. The molecule has 1 aliphatic heterocycles. The van der Waals surface area contributed by atoms with E-state index in [0.717, 1.165) is 45.6 Å². The topological polar surface area (TPSA) is 21.7 Å². The first-order valence-electron chi connectivity index (χ1n) is 19.8. The number of para-hydroxylation sites is 2. The second-order valence-electron chi connectivity index (χ2n) is 15.2. The van der Waals surface area contributed by atoms with Gasteiger partial charge in [0.2, 0.25) is 0 Å². The highest BCUT2D eigenvalue weighted by atomic mass is 16.6. The summed E-state index contributed by atoms with van der Waals surface area (Å²) in [6.45, 7) is 0. The molecule has 0 amide bonds. The van der Waals surface area contributed by atoms with Gasteiger partial charge in [-0.3, -0.25) is 0 Å². The highest BCUT2D eigenvalue weighted by molar-refractivity contribution is 5.97. The fourth-order valence-electron chi connectivity index (χ4n) is 9.60.